The average Bonchev–Trinajstić information content (AvgIpc) is 3.10. The fourth-order valence-corrected chi connectivity index (χ4v) is 5.17. The molecule has 1 aliphatic rings. The van der Waals surface area contributed by atoms with Crippen LogP contribution in [0.1, 0.15) is 20.3 Å². The van der Waals surface area contributed by atoms with E-state index in [9.17, 15) is 19.6 Å². The lowest BCUT2D eigenvalue weighted by molar-refractivity contribution is -0.147. The summed E-state index contributed by atoms with van der Waals surface area (Å²) in [7, 11) is 1.55. The van der Waals surface area contributed by atoms with Crippen LogP contribution in [0.15, 0.2) is 30.9 Å². The molecule has 12 heteroatoms. The number of methoxy groups -OCH3 is 1. The molecule has 0 saturated carbocycles. The number of hydrogen-bond acceptors (Lipinski definition) is 10. The van der Waals surface area contributed by atoms with E-state index in [-0.39, 0.29) is 25.0 Å². The maximum absolute atomic E-state index is 13.2. The van der Waals surface area contributed by atoms with E-state index in [4.69, 9.17) is 14.2 Å². The van der Waals surface area contributed by atoms with Gasteiger partial charge in [-0.15, -0.1) is 11.8 Å². The number of carbonyl (C=O) groups is 3. The number of carbonyl (C=O) groups excluding carboxylic acids is 3. The molecule has 1 aliphatic heterocycles. The van der Waals surface area contributed by atoms with Gasteiger partial charge in [-0.2, -0.15) is 5.26 Å². The van der Waals surface area contributed by atoms with Crippen molar-refractivity contribution in [1.82, 2.24) is 9.88 Å². The van der Waals surface area contributed by atoms with Gasteiger partial charge < -0.3 is 29.7 Å². The van der Waals surface area contributed by atoms with Crippen molar-refractivity contribution in [3.63, 3.8) is 0 Å². The maximum atomic E-state index is 13.2. The maximum Gasteiger partial charge on any atom is 0.326 e. The summed E-state index contributed by atoms with van der Waals surface area (Å²) in [6.45, 7) is 8.50. The van der Waals surface area contributed by atoms with E-state index < -0.39 is 22.0 Å². The molecule has 2 heterocycles. The molecule has 2 N–H and O–H groups in total. The minimum Gasteiger partial charge on any atom is -0.460 e. The van der Waals surface area contributed by atoms with Crippen LogP contribution in [-0.2, 0) is 28.6 Å². The van der Waals surface area contributed by atoms with Crippen LogP contribution in [0.2, 0.25) is 0 Å². The number of nitrogens with zero attached hydrogens (tertiary/aromatic N) is 3. The molecule has 0 aromatic carbocycles. The Balaban J connectivity index is 1.96. The van der Waals surface area contributed by atoms with Gasteiger partial charge in [0.05, 0.1) is 24.0 Å². The van der Waals surface area contributed by atoms with Crippen molar-refractivity contribution in [1.29, 1.82) is 5.26 Å². The number of hydrogen-bond donors (Lipinski definition) is 2. The quantitative estimate of drug-likeness (QED) is 0.201. The van der Waals surface area contributed by atoms with Gasteiger partial charge in [0.25, 0.3) is 5.91 Å². The first-order valence-corrected chi connectivity index (χ1v) is 12.4. The number of rotatable bonds is 15. The van der Waals surface area contributed by atoms with Crippen molar-refractivity contribution in [3.05, 3.63) is 30.9 Å². The summed E-state index contributed by atoms with van der Waals surface area (Å²) in [5, 5.41) is 14.8. The molecule has 0 spiro atoms. The molecular formula is C24H33N5O6S. The number of esters is 1. The third-order valence-electron chi connectivity index (χ3n) is 5.35. The van der Waals surface area contributed by atoms with E-state index in [0.717, 1.165) is 0 Å². The second-order valence-electron chi connectivity index (χ2n) is 8.03. The van der Waals surface area contributed by atoms with Crippen molar-refractivity contribution >= 4 is 41.2 Å². The number of nitriles is 1. The van der Waals surface area contributed by atoms with E-state index in [2.05, 4.69) is 22.2 Å². The van der Waals surface area contributed by atoms with Gasteiger partial charge >= 0.3 is 5.97 Å². The summed E-state index contributed by atoms with van der Waals surface area (Å²) in [5.74, 6) is -1.35. The molecular weight excluding hydrogens is 486 g/mol. The molecule has 1 saturated heterocycles. The number of ether oxygens (including phenoxy) is 3. The van der Waals surface area contributed by atoms with Gasteiger partial charge in [0.2, 0.25) is 5.91 Å². The summed E-state index contributed by atoms with van der Waals surface area (Å²) in [6.07, 6.45) is 1.85. The van der Waals surface area contributed by atoms with Gasteiger partial charge in [0.1, 0.15) is 30.2 Å². The third-order valence-corrected chi connectivity index (χ3v) is 7.02. The number of anilines is 2. The Labute approximate surface area is 215 Å². The monoisotopic (exact) mass is 519 g/mol. The predicted octanol–water partition coefficient (Wildman–Crippen LogP) is 2.03. The fraction of sp³-hybridized carbons (Fsp3) is 0.542. The zero-order valence-electron chi connectivity index (χ0n) is 20.8. The second-order valence-corrected chi connectivity index (χ2v) is 9.65. The van der Waals surface area contributed by atoms with Crippen LogP contribution in [0.3, 0.4) is 0 Å². The molecule has 0 bridgehead atoms. The molecule has 1 aromatic rings. The summed E-state index contributed by atoms with van der Waals surface area (Å²) in [6, 6.07) is 7.15. The second kappa shape index (κ2) is 14.4. The Hall–Kier alpha value is -3.14. The first-order valence-electron chi connectivity index (χ1n) is 11.5. The Morgan fingerprint density at radius 1 is 1.39 bits per heavy atom. The zero-order valence-corrected chi connectivity index (χ0v) is 21.6. The first kappa shape index (κ1) is 29.1. The summed E-state index contributed by atoms with van der Waals surface area (Å²) >= 11 is 1.29. The number of pyridine rings is 1. The molecule has 3 unspecified atom stereocenters. The van der Waals surface area contributed by atoms with Crippen LogP contribution in [0.25, 0.3) is 0 Å². The molecule has 1 aromatic heterocycles. The lowest BCUT2D eigenvalue weighted by Gasteiger charge is -2.24. The fourth-order valence-electron chi connectivity index (χ4n) is 3.52. The Kier molecular flexibility index (Phi) is 11.7. The van der Waals surface area contributed by atoms with Crippen molar-refractivity contribution in [2.24, 2.45) is 5.92 Å². The smallest absolute Gasteiger partial charge is 0.326 e. The van der Waals surface area contributed by atoms with Crippen LogP contribution in [0.5, 0.6) is 0 Å². The highest BCUT2D eigenvalue weighted by atomic mass is 32.2. The van der Waals surface area contributed by atoms with Gasteiger partial charge in [-0.05, 0) is 32.4 Å². The molecule has 36 heavy (non-hydrogen) atoms. The zero-order chi connectivity index (χ0) is 26.6. The minimum atomic E-state index is -1.10. The van der Waals surface area contributed by atoms with E-state index in [0.29, 0.717) is 44.4 Å². The highest BCUT2D eigenvalue weighted by molar-refractivity contribution is 8.02. The average molecular weight is 520 g/mol. The Morgan fingerprint density at radius 3 is 2.81 bits per heavy atom. The predicted molar refractivity (Wildman–Crippen MR) is 136 cm³/mol. The molecule has 11 nitrogen and oxygen atoms in total. The SMILES string of the molecule is C=CCOC(=O)C(C#N)C1SC(C)(CCNc2cccc(NC(=O)COCCOC)n2)C(=O)N1CC. The molecule has 0 radical (unpaired) electrons. The van der Waals surface area contributed by atoms with Gasteiger partial charge in [-0.25, -0.2) is 4.98 Å². The summed E-state index contributed by atoms with van der Waals surface area (Å²) < 4.78 is 14.3. The number of nitrogens with one attached hydrogen (secondary N) is 2. The lowest BCUT2D eigenvalue weighted by Crippen LogP contribution is -2.42. The van der Waals surface area contributed by atoms with Gasteiger partial charge in [-0.1, -0.05) is 18.7 Å². The van der Waals surface area contributed by atoms with E-state index in [1.807, 2.05) is 19.9 Å². The van der Waals surface area contributed by atoms with Crippen LogP contribution in [-0.4, -0.2) is 84.4 Å². The van der Waals surface area contributed by atoms with Gasteiger partial charge in [0.15, 0.2) is 5.92 Å². The van der Waals surface area contributed by atoms with Crippen LogP contribution in [0, 0.1) is 17.2 Å². The van der Waals surface area contributed by atoms with Gasteiger partial charge in [-0.3, -0.25) is 14.4 Å². The molecule has 196 valence electrons. The lowest BCUT2D eigenvalue weighted by atomic mass is 10.0. The molecule has 2 amide bonds. The molecule has 3 atom stereocenters. The number of aromatic nitrogens is 1. The Morgan fingerprint density at radius 2 is 2.14 bits per heavy atom. The van der Waals surface area contributed by atoms with Crippen molar-refractivity contribution in [2.45, 2.75) is 30.4 Å². The third kappa shape index (κ3) is 7.94. The molecule has 1 fully saturated rings. The highest BCUT2D eigenvalue weighted by Crippen LogP contribution is 2.45. The summed E-state index contributed by atoms with van der Waals surface area (Å²) in [4.78, 5) is 43.5. The van der Waals surface area contributed by atoms with Crippen LogP contribution >= 0.6 is 11.8 Å². The number of thioether (sulfide) groups is 1. The topological polar surface area (TPSA) is 143 Å². The van der Waals surface area contributed by atoms with E-state index >= 15 is 0 Å². The molecule has 2 rings (SSSR count). The van der Waals surface area contributed by atoms with E-state index in [1.54, 1.807) is 30.2 Å². The standard InChI is InChI=1S/C24H33N5O6S/c1-5-12-35-22(31)17(15-25)21-29(6-2)23(32)24(3,36-21)10-11-26-18-8-7-9-19(27-18)28-20(30)16-34-14-13-33-4/h5,7-9,17,21H,1,6,10-14,16H2,2-4H3,(H2,26,27,28,30). The number of amides is 2. The normalized spacial score (nSPS) is 19.9. The minimum absolute atomic E-state index is 0.00299. The van der Waals surface area contributed by atoms with Gasteiger partial charge in [0, 0.05) is 20.2 Å². The summed E-state index contributed by atoms with van der Waals surface area (Å²) in [5.41, 5.74) is 0. The van der Waals surface area contributed by atoms with Crippen molar-refractivity contribution in [2.75, 3.05) is 57.3 Å². The Bertz CT molecular complexity index is 971. The highest BCUT2D eigenvalue weighted by Gasteiger charge is 2.52. The van der Waals surface area contributed by atoms with Crippen molar-refractivity contribution in [3.8, 4) is 6.07 Å². The van der Waals surface area contributed by atoms with Crippen LogP contribution < -0.4 is 10.6 Å². The first-order chi connectivity index (χ1) is 17.3. The van der Waals surface area contributed by atoms with Crippen LogP contribution in [0.4, 0.5) is 11.6 Å². The van der Waals surface area contributed by atoms with E-state index in [1.165, 1.54) is 17.8 Å². The van der Waals surface area contributed by atoms with Crippen molar-refractivity contribution < 1.29 is 28.6 Å². The largest absolute Gasteiger partial charge is 0.460 e. The molecule has 0 aliphatic carbocycles.